The molecule has 0 aromatic heterocycles. The Morgan fingerprint density at radius 3 is 2.31 bits per heavy atom. The molecule has 5 aromatic rings. The molecule has 5 aromatic carbocycles. The van der Waals surface area contributed by atoms with Crippen molar-refractivity contribution in [2.24, 2.45) is 5.10 Å². The summed E-state index contributed by atoms with van der Waals surface area (Å²) < 4.78 is 17.3. The zero-order valence-electron chi connectivity index (χ0n) is 22.7. The van der Waals surface area contributed by atoms with Crippen LogP contribution in [-0.4, -0.2) is 24.2 Å². The molecule has 0 saturated carbocycles. The molecule has 0 aliphatic heterocycles. The third kappa shape index (κ3) is 7.13. The molecule has 0 aliphatic carbocycles. The molecule has 0 fully saturated rings. The molecule has 0 heterocycles. The zero-order chi connectivity index (χ0) is 29.3. The Bertz CT molecular complexity index is 1720. The van der Waals surface area contributed by atoms with Crippen LogP contribution in [0.15, 0.2) is 120 Å². The molecule has 7 nitrogen and oxygen atoms in total. The van der Waals surface area contributed by atoms with Crippen molar-refractivity contribution in [1.82, 2.24) is 5.43 Å². The minimum Gasteiger partial charge on any atom is -0.489 e. The van der Waals surface area contributed by atoms with Crippen molar-refractivity contribution in [3.05, 3.63) is 137 Å². The Morgan fingerprint density at radius 1 is 0.833 bits per heavy atom. The Labute approximate surface area is 248 Å². The first-order chi connectivity index (χ1) is 20.5. The van der Waals surface area contributed by atoms with Gasteiger partial charge in [-0.15, -0.1) is 0 Å². The molecule has 0 aliphatic rings. The summed E-state index contributed by atoms with van der Waals surface area (Å²) in [6.45, 7) is 2.08. The lowest BCUT2D eigenvalue weighted by Gasteiger charge is -2.14. The second kappa shape index (κ2) is 13.5. The fraction of sp³-hybridized carbons (Fsp3) is 0.0882. The van der Waals surface area contributed by atoms with E-state index in [1.54, 1.807) is 61.5 Å². The molecule has 5 rings (SSSR count). The molecule has 0 spiro atoms. The Hall–Kier alpha value is -5.14. The van der Waals surface area contributed by atoms with E-state index in [9.17, 15) is 9.59 Å². The number of rotatable bonds is 10. The first-order valence-corrected chi connectivity index (χ1v) is 13.6. The molecule has 1 amide bonds. The number of nitrogens with zero attached hydrogens (tertiary/aromatic N) is 1. The van der Waals surface area contributed by atoms with Gasteiger partial charge in [0.05, 0.1) is 16.8 Å². The minimum absolute atomic E-state index is 0.241. The van der Waals surface area contributed by atoms with Crippen molar-refractivity contribution in [3.63, 3.8) is 0 Å². The van der Waals surface area contributed by atoms with Crippen molar-refractivity contribution >= 4 is 40.5 Å². The summed E-state index contributed by atoms with van der Waals surface area (Å²) >= 11 is 6.18. The smallest absolute Gasteiger partial charge is 0.345 e. The molecule has 1 atom stereocenters. The van der Waals surface area contributed by atoms with Crippen molar-refractivity contribution in [3.8, 4) is 17.2 Å². The fourth-order valence-electron chi connectivity index (χ4n) is 4.14. The van der Waals surface area contributed by atoms with E-state index < -0.39 is 18.0 Å². The highest BCUT2D eigenvalue weighted by Crippen LogP contribution is 2.28. The van der Waals surface area contributed by atoms with E-state index in [-0.39, 0.29) is 16.3 Å². The second-order valence-electron chi connectivity index (χ2n) is 9.31. The topological polar surface area (TPSA) is 86.2 Å². The summed E-state index contributed by atoms with van der Waals surface area (Å²) in [5, 5.41) is 6.13. The maximum atomic E-state index is 12.8. The van der Waals surface area contributed by atoms with E-state index in [2.05, 4.69) is 10.5 Å². The number of nitrogens with one attached hydrogen (secondary N) is 1. The number of hydrazone groups is 1. The van der Waals surface area contributed by atoms with Crippen LogP contribution in [0.4, 0.5) is 0 Å². The molecule has 0 radical (unpaired) electrons. The first kappa shape index (κ1) is 28.4. The van der Waals surface area contributed by atoms with Gasteiger partial charge in [0, 0.05) is 5.56 Å². The highest BCUT2D eigenvalue weighted by atomic mass is 35.5. The number of hydrogen-bond donors (Lipinski definition) is 1. The Morgan fingerprint density at radius 2 is 1.52 bits per heavy atom. The van der Waals surface area contributed by atoms with Crippen LogP contribution in [0.5, 0.6) is 17.2 Å². The Kier molecular flexibility index (Phi) is 9.11. The highest BCUT2D eigenvalue weighted by Gasteiger charge is 2.17. The van der Waals surface area contributed by atoms with Gasteiger partial charge in [-0.2, -0.15) is 5.10 Å². The van der Waals surface area contributed by atoms with Gasteiger partial charge in [0.25, 0.3) is 5.91 Å². The van der Waals surface area contributed by atoms with Crippen LogP contribution in [0.25, 0.3) is 10.8 Å². The van der Waals surface area contributed by atoms with Gasteiger partial charge in [0.15, 0.2) is 6.10 Å². The Balaban J connectivity index is 1.23. The zero-order valence-corrected chi connectivity index (χ0v) is 23.5. The first-order valence-electron chi connectivity index (χ1n) is 13.2. The predicted octanol–water partition coefficient (Wildman–Crippen LogP) is 7.21. The summed E-state index contributed by atoms with van der Waals surface area (Å²) in [6, 6.07) is 34.7. The van der Waals surface area contributed by atoms with Gasteiger partial charge >= 0.3 is 5.97 Å². The van der Waals surface area contributed by atoms with Gasteiger partial charge < -0.3 is 14.2 Å². The van der Waals surface area contributed by atoms with Gasteiger partial charge in [-0.25, -0.2) is 10.2 Å². The summed E-state index contributed by atoms with van der Waals surface area (Å²) in [7, 11) is 0. The third-order valence-corrected chi connectivity index (χ3v) is 6.68. The van der Waals surface area contributed by atoms with E-state index >= 15 is 0 Å². The number of ether oxygens (including phenoxy) is 3. The number of amides is 1. The van der Waals surface area contributed by atoms with Gasteiger partial charge in [-0.1, -0.05) is 84.4 Å². The molecule has 0 saturated heterocycles. The monoisotopic (exact) mass is 578 g/mol. The molecular weight excluding hydrogens is 552 g/mol. The maximum Gasteiger partial charge on any atom is 0.345 e. The number of halogens is 1. The predicted molar refractivity (Wildman–Crippen MR) is 163 cm³/mol. The average molecular weight is 579 g/mol. The average Bonchev–Trinajstić information content (AvgIpc) is 3.02. The molecule has 8 heteroatoms. The fourth-order valence-corrected chi connectivity index (χ4v) is 4.36. The lowest BCUT2D eigenvalue weighted by atomic mass is 10.0. The molecule has 210 valence electrons. The molecule has 42 heavy (non-hydrogen) atoms. The van der Waals surface area contributed by atoms with Gasteiger partial charge in [-0.05, 0) is 65.7 Å². The standard InChI is InChI=1S/C34H27ClN2O5/c1-23(41-27-18-16-26(17-19-27)40-22-24-9-3-2-4-10-24)33(38)37-36-21-30-28-12-6-5-11-25(28)15-20-32(30)42-34(39)29-13-7-8-14-31(29)35/h2-21,23H,22H2,1H3,(H,37,38)/b36-21+. The lowest BCUT2D eigenvalue weighted by Crippen LogP contribution is -2.33. The van der Waals surface area contributed by atoms with Crippen molar-refractivity contribution in [2.75, 3.05) is 0 Å². The highest BCUT2D eigenvalue weighted by molar-refractivity contribution is 6.33. The number of hydrogen-bond acceptors (Lipinski definition) is 6. The van der Waals surface area contributed by atoms with Crippen LogP contribution in [-0.2, 0) is 11.4 Å². The largest absolute Gasteiger partial charge is 0.489 e. The van der Waals surface area contributed by atoms with Gasteiger partial charge in [0.2, 0.25) is 0 Å². The lowest BCUT2D eigenvalue weighted by molar-refractivity contribution is -0.127. The van der Waals surface area contributed by atoms with E-state index in [1.807, 2.05) is 60.7 Å². The van der Waals surface area contributed by atoms with Crippen molar-refractivity contribution < 1.29 is 23.8 Å². The van der Waals surface area contributed by atoms with Gasteiger partial charge in [0.1, 0.15) is 23.9 Å². The van der Waals surface area contributed by atoms with E-state index in [0.717, 1.165) is 16.3 Å². The molecular formula is C34H27ClN2O5. The summed E-state index contributed by atoms with van der Waals surface area (Å²) in [5.74, 6) is 0.416. The van der Waals surface area contributed by atoms with Crippen LogP contribution in [0.2, 0.25) is 5.02 Å². The number of esters is 1. The van der Waals surface area contributed by atoms with E-state index in [1.165, 1.54) is 6.21 Å². The van der Waals surface area contributed by atoms with Crippen LogP contribution in [0, 0.1) is 0 Å². The van der Waals surface area contributed by atoms with Crippen LogP contribution < -0.4 is 19.6 Å². The van der Waals surface area contributed by atoms with Crippen LogP contribution >= 0.6 is 11.6 Å². The minimum atomic E-state index is -0.830. The normalized spacial score (nSPS) is 11.7. The number of carbonyl (C=O) groups excluding carboxylic acids is 2. The summed E-state index contributed by atoms with van der Waals surface area (Å²) in [5.41, 5.74) is 4.34. The molecule has 1 N–H and O–H groups in total. The van der Waals surface area contributed by atoms with Crippen molar-refractivity contribution in [2.45, 2.75) is 19.6 Å². The SMILES string of the molecule is CC(Oc1ccc(OCc2ccccc2)cc1)C(=O)N/N=C/c1c(OC(=O)c2ccccc2Cl)ccc2ccccc12. The van der Waals surface area contributed by atoms with Crippen LogP contribution in [0.3, 0.4) is 0 Å². The van der Waals surface area contributed by atoms with E-state index in [0.29, 0.717) is 23.7 Å². The summed E-state index contributed by atoms with van der Waals surface area (Å²) in [4.78, 5) is 25.6. The molecule has 0 bridgehead atoms. The van der Waals surface area contributed by atoms with Gasteiger partial charge in [-0.3, -0.25) is 4.79 Å². The maximum absolute atomic E-state index is 12.8. The van der Waals surface area contributed by atoms with E-state index in [4.69, 9.17) is 25.8 Å². The van der Waals surface area contributed by atoms with Crippen LogP contribution in [0.1, 0.15) is 28.4 Å². The van der Waals surface area contributed by atoms with Crippen molar-refractivity contribution in [1.29, 1.82) is 0 Å². The molecule has 1 unspecified atom stereocenters. The second-order valence-corrected chi connectivity index (χ2v) is 9.72. The summed E-state index contributed by atoms with van der Waals surface area (Å²) in [6.07, 6.45) is 0.615. The quantitative estimate of drug-likeness (QED) is 0.0819. The number of fused-ring (bicyclic) bond motifs is 1. The number of benzene rings is 5. The number of carbonyl (C=O) groups is 2. The third-order valence-electron chi connectivity index (χ3n) is 6.35.